The molecule has 25 heavy (non-hydrogen) atoms. The summed E-state index contributed by atoms with van der Waals surface area (Å²) >= 11 is 1.46. The number of pyridine rings is 1. The van der Waals surface area contributed by atoms with Gasteiger partial charge in [-0.3, -0.25) is 4.98 Å². The number of hydrogen-bond donors (Lipinski definition) is 0. The van der Waals surface area contributed by atoms with Crippen molar-refractivity contribution in [3.8, 4) is 23.0 Å². The molecule has 0 radical (unpaired) electrons. The fraction of sp³-hybridized carbons (Fsp3) is 0.278. The summed E-state index contributed by atoms with van der Waals surface area (Å²) in [5.41, 5.74) is 0.857. The third kappa shape index (κ3) is 5.22. The number of thioether (sulfide) groups is 1. The smallest absolute Gasteiger partial charge is 0.276 e. The SMILES string of the molecule is CCCOc1ccc(OCCSc2nnc(-c3ccncc3)o2)cc1. The molecular weight excluding hydrogens is 338 g/mol. The minimum absolute atomic E-state index is 0.494. The second-order valence-electron chi connectivity index (χ2n) is 5.13. The number of nitrogens with zero attached hydrogens (tertiary/aromatic N) is 3. The van der Waals surface area contributed by atoms with E-state index in [1.54, 1.807) is 12.4 Å². The van der Waals surface area contributed by atoms with E-state index in [0.717, 1.165) is 30.1 Å². The molecule has 0 N–H and O–H groups in total. The third-order valence-corrected chi connectivity index (χ3v) is 3.99. The van der Waals surface area contributed by atoms with Gasteiger partial charge in [-0.2, -0.15) is 0 Å². The summed E-state index contributed by atoms with van der Waals surface area (Å²) < 4.78 is 16.9. The van der Waals surface area contributed by atoms with E-state index in [1.165, 1.54) is 11.8 Å². The molecule has 6 nitrogen and oxygen atoms in total. The summed E-state index contributed by atoms with van der Waals surface area (Å²) in [6, 6.07) is 11.3. The molecule has 3 aromatic rings. The van der Waals surface area contributed by atoms with Crippen LogP contribution in [0.3, 0.4) is 0 Å². The summed E-state index contributed by atoms with van der Waals surface area (Å²) in [5.74, 6) is 2.88. The van der Waals surface area contributed by atoms with Crippen molar-refractivity contribution in [3.05, 3.63) is 48.8 Å². The highest BCUT2D eigenvalue weighted by Gasteiger charge is 2.08. The first kappa shape index (κ1) is 17.3. The van der Waals surface area contributed by atoms with Crippen LogP contribution in [-0.2, 0) is 0 Å². The van der Waals surface area contributed by atoms with Crippen LogP contribution in [0.25, 0.3) is 11.5 Å². The first-order valence-corrected chi connectivity index (χ1v) is 9.06. The number of hydrogen-bond acceptors (Lipinski definition) is 7. The normalized spacial score (nSPS) is 10.6. The molecule has 0 unspecified atom stereocenters. The average molecular weight is 357 g/mol. The van der Waals surface area contributed by atoms with Crippen molar-refractivity contribution in [3.63, 3.8) is 0 Å². The van der Waals surface area contributed by atoms with Gasteiger partial charge < -0.3 is 13.9 Å². The van der Waals surface area contributed by atoms with Crippen molar-refractivity contribution in [2.24, 2.45) is 0 Å². The Morgan fingerprint density at radius 1 is 0.920 bits per heavy atom. The largest absolute Gasteiger partial charge is 0.494 e. The van der Waals surface area contributed by atoms with Gasteiger partial charge in [0.2, 0.25) is 5.89 Å². The molecule has 0 atom stereocenters. The predicted octanol–water partition coefficient (Wildman–Crippen LogP) is 4.09. The lowest BCUT2D eigenvalue weighted by Gasteiger charge is -2.07. The molecule has 2 aromatic heterocycles. The molecule has 3 rings (SSSR count). The van der Waals surface area contributed by atoms with E-state index in [9.17, 15) is 0 Å². The number of rotatable bonds is 9. The highest BCUT2D eigenvalue weighted by molar-refractivity contribution is 7.99. The Balaban J connectivity index is 1.42. The van der Waals surface area contributed by atoms with Gasteiger partial charge in [0, 0.05) is 23.7 Å². The maximum Gasteiger partial charge on any atom is 0.276 e. The molecule has 0 amide bonds. The van der Waals surface area contributed by atoms with Crippen LogP contribution < -0.4 is 9.47 Å². The lowest BCUT2D eigenvalue weighted by molar-refractivity contribution is 0.314. The molecule has 0 fully saturated rings. The Hall–Kier alpha value is -2.54. The summed E-state index contributed by atoms with van der Waals surface area (Å²) in [5, 5.41) is 8.60. The van der Waals surface area contributed by atoms with Crippen molar-refractivity contribution in [1.29, 1.82) is 0 Å². The van der Waals surface area contributed by atoms with Crippen LogP contribution in [0.4, 0.5) is 0 Å². The van der Waals surface area contributed by atoms with Crippen molar-refractivity contribution in [2.75, 3.05) is 19.0 Å². The molecule has 0 aliphatic heterocycles. The summed E-state index contributed by atoms with van der Waals surface area (Å²) in [6.45, 7) is 3.36. The molecule has 7 heteroatoms. The minimum Gasteiger partial charge on any atom is -0.494 e. The van der Waals surface area contributed by atoms with E-state index in [0.29, 0.717) is 23.5 Å². The van der Waals surface area contributed by atoms with Gasteiger partial charge in [-0.25, -0.2) is 0 Å². The first-order chi connectivity index (χ1) is 12.3. The predicted molar refractivity (Wildman–Crippen MR) is 96.0 cm³/mol. The lowest BCUT2D eigenvalue weighted by Crippen LogP contribution is -2.00. The molecule has 130 valence electrons. The van der Waals surface area contributed by atoms with Crippen LogP contribution in [0, 0.1) is 0 Å². The molecule has 0 aliphatic carbocycles. The van der Waals surface area contributed by atoms with Crippen molar-refractivity contribution in [2.45, 2.75) is 18.6 Å². The number of ether oxygens (including phenoxy) is 2. The molecule has 0 saturated carbocycles. The second kappa shape index (κ2) is 9.08. The molecule has 0 saturated heterocycles. The van der Waals surface area contributed by atoms with E-state index in [4.69, 9.17) is 13.9 Å². The van der Waals surface area contributed by atoms with Crippen LogP contribution in [0.15, 0.2) is 58.4 Å². The van der Waals surface area contributed by atoms with Gasteiger partial charge >= 0.3 is 0 Å². The number of benzene rings is 1. The quantitative estimate of drug-likeness (QED) is 0.422. The van der Waals surface area contributed by atoms with Gasteiger partial charge in [0.25, 0.3) is 5.22 Å². The molecule has 2 heterocycles. The van der Waals surface area contributed by atoms with E-state index in [1.807, 2.05) is 36.4 Å². The fourth-order valence-corrected chi connectivity index (χ4v) is 2.60. The highest BCUT2D eigenvalue weighted by Crippen LogP contribution is 2.23. The molecular formula is C18H19N3O3S. The van der Waals surface area contributed by atoms with Crippen molar-refractivity contribution >= 4 is 11.8 Å². The van der Waals surface area contributed by atoms with Gasteiger partial charge in [0.1, 0.15) is 11.5 Å². The third-order valence-electron chi connectivity index (χ3n) is 3.21. The average Bonchev–Trinajstić information content (AvgIpc) is 3.14. The van der Waals surface area contributed by atoms with E-state index >= 15 is 0 Å². The Labute approximate surface area is 150 Å². The molecule has 0 bridgehead atoms. The zero-order valence-electron chi connectivity index (χ0n) is 13.9. The van der Waals surface area contributed by atoms with Crippen LogP contribution in [0.1, 0.15) is 13.3 Å². The van der Waals surface area contributed by atoms with E-state index < -0.39 is 0 Å². The monoisotopic (exact) mass is 357 g/mol. The van der Waals surface area contributed by atoms with E-state index in [-0.39, 0.29) is 0 Å². The maximum atomic E-state index is 5.70. The van der Waals surface area contributed by atoms with Gasteiger partial charge in [0.05, 0.1) is 13.2 Å². The lowest BCUT2D eigenvalue weighted by atomic mass is 10.3. The zero-order chi connectivity index (χ0) is 17.3. The van der Waals surface area contributed by atoms with Crippen LogP contribution >= 0.6 is 11.8 Å². The van der Waals surface area contributed by atoms with Gasteiger partial charge in [-0.1, -0.05) is 18.7 Å². The highest BCUT2D eigenvalue weighted by atomic mass is 32.2. The summed E-state index contributed by atoms with van der Waals surface area (Å²) in [4.78, 5) is 3.97. The Morgan fingerprint density at radius 3 is 2.28 bits per heavy atom. The molecule has 0 aliphatic rings. The van der Waals surface area contributed by atoms with Crippen molar-refractivity contribution < 1.29 is 13.9 Å². The van der Waals surface area contributed by atoms with Crippen LogP contribution in [0.2, 0.25) is 0 Å². The standard InChI is InChI=1S/C18H19N3O3S/c1-2-11-22-15-3-5-16(6-4-15)23-12-13-25-18-21-20-17(24-18)14-7-9-19-10-8-14/h3-10H,2,11-13H2,1H3. The van der Waals surface area contributed by atoms with Gasteiger partial charge in [-0.15, -0.1) is 10.2 Å². The summed E-state index contributed by atoms with van der Waals surface area (Å²) in [7, 11) is 0. The fourth-order valence-electron chi connectivity index (χ4n) is 2.02. The van der Waals surface area contributed by atoms with Gasteiger partial charge in [-0.05, 0) is 42.8 Å². The maximum absolute atomic E-state index is 5.70. The topological polar surface area (TPSA) is 70.3 Å². The van der Waals surface area contributed by atoms with Crippen LogP contribution in [0.5, 0.6) is 11.5 Å². The Morgan fingerprint density at radius 2 is 1.60 bits per heavy atom. The second-order valence-corrected chi connectivity index (χ2v) is 6.17. The minimum atomic E-state index is 0.494. The van der Waals surface area contributed by atoms with E-state index in [2.05, 4.69) is 22.1 Å². The van der Waals surface area contributed by atoms with Crippen LogP contribution in [-0.4, -0.2) is 34.1 Å². The summed E-state index contributed by atoms with van der Waals surface area (Å²) in [6.07, 6.45) is 4.38. The number of aromatic nitrogens is 3. The molecule has 1 aromatic carbocycles. The van der Waals surface area contributed by atoms with Crippen molar-refractivity contribution in [1.82, 2.24) is 15.2 Å². The molecule has 0 spiro atoms. The first-order valence-electron chi connectivity index (χ1n) is 8.07. The Bertz CT molecular complexity index is 763. The van der Waals surface area contributed by atoms with Gasteiger partial charge in [0.15, 0.2) is 0 Å². The zero-order valence-corrected chi connectivity index (χ0v) is 14.7. The Kier molecular flexibility index (Phi) is 6.28.